The van der Waals surface area contributed by atoms with Gasteiger partial charge in [-0.15, -0.1) is 0 Å². The van der Waals surface area contributed by atoms with Crippen LogP contribution in [0.25, 0.3) is 0 Å². The second-order valence-corrected chi connectivity index (χ2v) is 4.04. The molecular formula is C12H9N3S. The number of nitriles is 1. The van der Waals surface area contributed by atoms with Crippen LogP contribution in [0.3, 0.4) is 0 Å². The molecule has 2 aromatic heterocycles. The molecule has 2 rings (SSSR count). The molecule has 0 N–H and O–H groups in total. The van der Waals surface area contributed by atoms with E-state index in [0.29, 0.717) is 5.56 Å². The summed E-state index contributed by atoms with van der Waals surface area (Å²) in [4.78, 5) is 8.40. The SMILES string of the molecule is N#Cc1cccnc1SCc1ccccn1. The summed E-state index contributed by atoms with van der Waals surface area (Å²) in [5.41, 5.74) is 1.60. The van der Waals surface area contributed by atoms with Gasteiger partial charge in [-0.3, -0.25) is 4.98 Å². The Labute approximate surface area is 98.2 Å². The van der Waals surface area contributed by atoms with Crippen molar-refractivity contribution >= 4 is 11.8 Å². The van der Waals surface area contributed by atoms with Crippen LogP contribution in [-0.2, 0) is 5.75 Å². The van der Waals surface area contributed by atoms with E-state index in [2.05, 4.69) is 16.0 Å². The van der Waals surface area contributed by atoms with Crippen molar-refractivity contribution in [2.45, 2.75) is 10.8 Å². The van der Waals surface area contributed by atoms with Gasteiger partial charge < -0.3 is 0 Å². The minimum absolute atomic E-state index is 0.614. The molecule has 0 amide bonds. The zero-order valence-electron chi connectivity index (χ0n) is 8.50. The highest BCUT2D eigenvalue weighted by atomic mass is 32.2. The van der Waals surface area contributed by atoms with Crippen molar-refractivity contribution in [2.75, 3.05) is 0 Å². The van der Waals surface area contributed by atoms with Gasteiger partial charge in [0.1, 0.15) is 11.1 Å². The molecule has 0 saturated carbocycles. The predicted molar refractivity (Wildman–Crippen MR) is 62.8 cm³/mol. The van der Waals surface area contributed by atoms with Gasteiger partial charge in [0.2, 0.25) is 0 Å². The molecule has 2 aromatic rings. The monoisotopic (exact) mass is 227 g/mol. The third-order valence-electron chi connectivity index (χ3n) is 1.97. The normalized spacial score (nSPS) is 9.69. The van der Waals surface area contributed by atoms with Crippen LogP contribution in [0.4, 0.5) is 0 Å². The average molecular weight is 227 g/mol. The topological polar surface area (TPSA) is 49.6 Å². The first kappa shape index (κ1) is 10.7. The standard InChI is InChI=1S/C12H9N3S/c13-8-10-4-3-7-15-12(10)16-9-11-5-1-2-6-14-11/h1-7H,9H2. The van der Waals surface area contributed by atoms with Crippen molar-refractivity contribution < 1.29 is 0 Å². The molecule has 0 radical (unpaired) electrons. The Bertz CT molecular complexity index is 505. The van der Waals surface area contributed by atoms with Crippen molar-refractivity contribution in [1.29, 1.82) is 5.26 Å². The zero-order valence-corrected chi connectivity index (χ0v) is 9.31. The van der Waals surface area contributed by atoms with Crippen LogP contribution in [0.15, 0.2) is 47.8 Å². The van der Waals surface area contributed by atoms with Crippen molar-refractivity contribution in [3.63, 3.8) is 0 Å². The molecule has 0 atom stereocenters. The van der Waals surface area contributed by atoms with E-state index in [0.717, 1.165) is 16.5 Å². The highest BCUT2D eigenvalue weighted by Gasteiger charge is 2.03. The molecule has 0 saturated heterocycles. The number of pyridine rings is 2. The first-order valence-electron chi connectivity index (χ1n) is 4.78. The Balaban J connectivity index is 2.09. The fraction of sp³-hybridized carbons (Fsp3) is 0.0833. The van der Waals surface area contributed by atoms with Gasteiger partial charge in [0.15, 0.2) is 0 Å². The van der Waals surface area contributed by atoms with Crippen LogP contribution in [-0.4, -0.2) is 9.97 Å². The fourth-order valence-electron chi connectivity index (χ4n) is 1.22. The van der Waals surface area contributed by atoms with E-state index in [1.54, 1.807) is 24.5 Å². The summed E-state index contributed by atoms with van der Waals surface area (Å²) >= 11 is 1.53. The lowest BCUT2D eigenvalue weighted by molar-refractivity contribution is 1.10. The number of rotatable bonds is 3. The van der Waals surface area contributed by atoms with Gasteiger partial charge in [0.25, 0.3) is 0 Å². The fourth-order valence-corrected chi connectivity index (χ4v) is 2.08. The van der Waals surface area contributed by atoms with Gasteiger partial charge in [-0.05, 0) is 24.3 Å². The molecule has 0 spiro atoms. The summed E-state index contributed by atoms with van der Waals surface area (Å²) in [6, 6.07) is 11.5. The van der Waals surface area contributed by atoms with Crippen LogP contribution < -0.4 is 0 Å². The lowest BCUT2D eigenvalue weighted by Crippen LogP contribution is -1.88. The number of aromatic nitrogens is 2. The molecule has 0 aliphatic rings. The quantitative estimate of drug-likeness (QED) is 0.756. The molecule has 0 fully saturated rings. The van der Waals surface area contributed by atoms with E-state index < -0.39 is 0 Å². The molecule has 3 nitrogen and oxygen atoms in total. The molecule has 0 aliphatic carbocycles. The van der Waals surface area contributed by atoms with Crippen molar-refractivity contribution in [1.82, 2.24) is 9.97 Å². The predicted octanol–water partition coefficient (Wildman–Crippen LogP) is 2.64. The highest BCUT2D eigenvalue weighted by molar-refractivity contribution is 7.98. The van der Waals surface area contributed by atoms with Crippen LogP contribution in [0.2, 0.25) is 0 Å². The summed E-state index contributed by atoms with van der Waals surface area (Å²) < 4.78 is 0. The number of nitrogens with zero attached hydrogens (tertiary/aromatic N) is 3. The molecular weight excluding hydrogens is 218 g/mol. The molecule has 0 unspecified atom stereocenters. The Morgan fingerprint density at radius 1 is 1.12 bits per heavy atom. The van der Waals surface area contributed by atoms with Crippen LogP contribution in [0.1, 0.15) is 11.3 Å². The number of thioether (sulfide) groups is 1. The van der Waals surface area contributed by atoms with Crippen LogP contribution >= 0.6 is 11.8 Å². The highest BCUT2D eigenvalue weighted by Crippen LogP contribution is 2.22. The maximum atomic E-state index is 8.90. The molecule has 16 heavy (non-hydrogen) atoms. The zero-order chi connectivity index (χ0) is 11.2. The summed E-state index contributed by atoms with van der Waals surface area (Å²) in [5.74, 6) is 0.729. The average Bonchev–Trinajstić information content (AvgIpc) is 2.38. The Hall–Kier alpha value is -1.86. The van der Waals surface area contributed by atoms with Crippen molar-refractivity contribution in [3.05, 3.63) is 54.0 Å². The molecule has 78 valence electrons. The van der Waals surface area contributed by atoms with E-state index in [-0.39, 0.29) is 0 Å². The van der Waals surface area contributed by atoms with E-state index in [9.17, 15) is 0 Å². The number of hydrogen-bond acceptors (Lipinski definition) is 4. The van der Waals surface area contributed by atoms with Crippen molar-refractivity contribution in [2.24, 2.45) is 0 Å². The van der Waals surface area contributed by atoms with Crippen LogP contribution in [0.5, 0.6) is 0 Å². The van der Waals surface area contributed by atoms with E-state index >= 15 is 0 Å². The van der Waals surface area contributed by atoms with Crippen LogP contribution in [0, 0.1) is 11.3 Å². The van der Waals surface area contributed by atoms with Gasteiger partial charge in [-0.1, -0.05) is 17.8 Å². The third kappa shape index (κ3) is 2.59. The summed E-state index contributed by atoms with van der Waals surface area (Å²) in [5, 5.41) is 9.66. The van der Waals surface area contributed by atoms with E-state index in [1.807, 2.05) is 18.2 Å². The summed E-state index contributed by atoms with van der Waals surface area (Å²) in [6.07, 6.45) is 3.46. The molecule has 4 heteroatoms. The van der Waals surface area contributed by atoms with Gasteiger partial charge in [0.05, 0.1) is 11.3 Å². The molecule has 0 aromatic carbocycles. The van der Waals surface area contributed by atoms with Gasteiger partial charge >= 0.3 is 0 Å². The van der Waals surface area contributed by atoms with Gasteiger partial charge in [0, 0.05) is 18.1 Å². The minimum atomic E-state index is 0.614. The lowest BCUT2D eigenvalue weighted by Gasteiger charge is -2.01. The Morgan fingerprint density at radius 3 is 2.75 bits per heavy atom. The third-order valence-corrected chi connectivity index (χ3v) is 3.01. The second-order valence-electron chi connectivity index (χ2n) is 3.08. The largest absolute Gasteiger partial charge is 0.260 e. The van der Waals surface area contributed by atoms with Crippen molar-refractivity contribution in [3.8, 4) is 6.07 Å². The van der Waals surface area contributed by atoms with E-state index in [1.165, 1.54) is 11.8 Å². The smallest absolute Gasteiger partial charge is 0.114 e. The van der Waals surface area contributed by atoms with Gasteiger partial charge in [-0.25, -0.2) is 4.98 Å². The van der Waals surface area contributed by atoms with E-state index in [4.69, 9.17) is 5.26 Å². The Morgan fingerprint density at radius 2 is 2.00 bits per heavy atom. The Kier molecular flexibility index (Phi) is 3.52. The second kappa shape index (κ2) is 5.29. The maximum Gasteiger partial charge on any atom is 0.114 e. The summed E-state index contributed by atoms with van der Waals surface area (Å²) in [6.45, 7) is 0. The number of hydrogen-bond donors (Lipinski definition) is 0. The maximum absolute atomic E-state index is 8.90. The molecule has 0 aliphatic heterocycles. The lowest BCUT2D eigenvalue weighted by atomic mass is 10.3. The first-order chi connectivity index (χ1) is 7.90. The van der Waals surface area contributed by atoms with Gasteiger partial charge in [-0.2, -0.15) is 5.26 Å². The molecule has 0 bridgehead atoms. The minimum Gasteiger partial charge on any atom is -0.260 e. The first-order valence-corrected chi connectivity index (χ1v) is 5.76. The molecule has 2 heterocycles. The summed E-state index contributed by atoms with van der Waals surface area (Å²) in [7, 11) is 0.